The number of nitrogens with one attached hydrogen (secondary N) is 1. The van der Waals surface area contributed by atoms with Crippen LogP contribution in [0.4, 0.5) is 5.69 Å². The van der Waals surface area contributed by atoms with Gasteiger partial charge >= 0.3 is 0 Å². The Kier molecular flexibility index (Phi) is 4.52. The van der Waals surface area contributed by atoms with E-state index >= 15 is 0 Å². The van der Waals surface area contributed by atoms with Crippen LogP contribution in [0.1, 0.15) is 21.7 Å². The van der Waals surface area contributed by atoms with Crippen molar-refractivity contribution in [3.05, 3.63) is 53.3 Å². The summed E-state index contributed by atoms with van der Waals surface area (Å²) in [5.74, 6) is 0.965. The van der Waals surface area contributed by atoms with E-state index in [1.54, 1.807) is 50.6 Å². The van der Waals surface area contributed by atoms with Crippen molar-refractivity contribution in [2.75, 3.05) is 19.5 Å². The molecule has 0 bridgehead atoms. The maximum Gasteiger partial charge on any atom is 0.255 e. The third-order valence-electron chi connectivity index (χ3n) is 3.95. The van der Waals surface area contributed by atoms with Crippen LogP contribution in [0.5, 0.6) is 11.5 Å². The van der Waals surface area contributed by atoms with Crippen LogP contribution in [-0.2, 0) is 0 Å². The predicted molar refractivity (Wildman–Crippen MR) is 96.5 cm³/mol. The van der Waals surface area contributed by atoms with Crippen molar-refractivity contribution in [1.29, 1.82) is 0 Å². The summed E-state index contributed by atoms with van der Waals surface area (Å²) in [6.07, 6.45) is 0. The van der Waals surface area contributed by atoms with Gasteiger partial charge in [0.05, 0.1) is 36.6 Å². The van der Waals surface area contributed by atoms with Crippen molar-refractivity contribution in [3.8, 4) is 11.5 Å². The number of methoxy groups -OCH3 is 2. The molecule has 0 saturated heterocycles. The van der Waals surface area contributed by atoms with Crippen molar-refractivity contribution < 1.29 is 14.3 Å². The molecule has 2 aromatic carbocycles. The van der Waals surface area contributed by atoms with Gasteiger partial charge in [-0.2, -0.15) is 0 Å². The molecular formula is C19H19N3O3. The van der Waals surface area contributed by atoms with Gasteiger partial charge < -0.3 is 14.8 Å². The molecule has 0 unspecified atom stereocenters. The number of hydrogen-bond donors (Lipinski definition) is 1. The van der Waals surface area contributed by atoms with Gasteiger partial charge in [0.15, 0.2) is 0 Å². The number of aromatic nitrogens is 2. The zero-order valence-corrected chi connectivity index (χ0v) is 14.6. The average Bonchev–Trinajstić information content (AvgIpc) is 2.61. The highest BCUT2D eigenvalue weighted by molar-refractivity contribution is 6.06. The van der Waals surface area contributed by atoms with Crippen LogP contribution in [0, 0.1) is 13.8 Å². The molecule has 128 valence electrons. The summed E-state index contributed by atoms with van der Waals surface area (Å²) in [5, 5.41) is 2.85. The van der Waals surface area contributed by atoms with E-state index in [-0.39, 0.29) is 5.91 Å². The van der Waals surface area contributed by atoms with Crippen LogP contribution >= 0.6 is 0 Å². The number of ether oxygens (including phenoxy) is 2. The highest BCUT2D eigenvalue weighted by Gasteiger charge is 2.11. The summed E-state index contributed by atoms with van der Waals surface area (Å²) in [5.41, 5.74) is 4.29. The summed E-state index contributed by atoms with van der Waals surface area (Å²) < 4.78 is 10.4. The summed E-state index contributed by atoms with van der Waals surface area (Å²) >= 11 is 0. The minimum Gasteiger partial charge on any atom is -0.497 e. The zero-order chi connectivity index (χ0) is 18.0. The molecule has 0 atom stereocenters. The van der Waals surface area contributed by atoms with Crippen LogP contribution in [0.3, 0.4) is 0 Å². The molecule has 0 aliphatic heterocycles. The van der Waals surface area contributed by atoms with Gasteiger partial charge in [-0.1, -0.05) is 0 Å². The van der Waals surface area contributed by atoms with E-state index in [2.05, 4.69) is 15.3 Å². The molecule has 0 fully saturated rings. The highest BCUT2D eigenvalue weighted by Crippen LogP contribution is 2.26. The third-order valence-corrected chi connectivity index (χ3v) is 3.95. The predicted octanol–water partition coefficient (Wildman–Crippen LogP) is 3.52. The number of anilines is 1. The van der Waals surface area contributed by atoms with Crippen molar-refractivity contribution in [1.82, 2.24) is 9.97 Å². The van der Waals surface area contributed by atoms with E-state index in [0.29, 0.717) is 28.3 Å². The molecule has 0 saturated carbocycles. The molecule has 1 aromatic heterocycles. The van der Waals surface area contributed by atoms with Crippen LogP contribution in [0.15, 0.2) is 36.4 Å². The largest absolute Gasteiger partial charge is 0.497 e. The third kappa shape index (κ3) is 3.52. The normalized spacial score (nSPS) is 10.6. The van der Waals surface area contributed by atoms with Crippen molar-refractivity contribution in [2.45, 2.75) is 13.8 Å². The first-order valence-corrected chi connectivity index (χ1v) is 7.79. The zero-order valence-electron chi connectivity index (χ0n) is 14.6. The number of carbonyl (C=O) groups is 1. The molecule has 1 amide bonds. The van der Waals surface area contributed by atoms with Crippen LogP contribution < -0.4 is 14.8 Å². The lowest BCUT2D eigenvalue weighted by molar-refractivity contribution is 0.102. The van der Waals surface area contributed by atoms with E-state index in [1.165, 1.54) is 0 Å². The van der Waals surface area contributed by atoms with Gasteiger partial charge in [0.2, 0.25) is 0 Å². The number of aryl methyl sites for hydroxylation is 2. The molecular weight excluding hydrogens is 318 g/mol. The Labute approximate surface area is 145 Å². The average molecular weight is 337 g/mol. The van der Waals surface area contributed by atoms with Crippen LogP contribution in [0.25, 0.3) is 11.0 Å². The Morgan fingerprint density at radius 2 is 1.48 bits per heavy atom. The number of hydrogen-bond acceptors (Lipinski definition) is 5. The molecule has 25 heavy (non-hydrogen) atoms. The molecule has 0 spiro atoms. The second-order valence-electron chi connectivity index (χ2n) is 5.65. The summed E-state index contributed by atoms with van der Waals surface area (Å²) in [6, 6.07) is 10.5. The van der Waals surface area contributed by atoms with Gasteiger partial charge in [0, 0.05) is 29.4 Å². The second kappa shape index (κ2) is 6.76. The number of nitrogens with zero attached hydrogens (tertiary/aromatic N) is 2. The lowest BCUT2D eigenvalue weighted by Crippen LogP contribution is -2.12. The molecule has 0 radical (unpaired) electrons. The summed E-state index contributed by atoms with van der Waals surface area (Å²) in [4.78, 5) is 21.5. The number of rotatable bonds is 4. The van der Waals surface area contributed by atoms with Crippen LogP contribution in [-0.4, -0.2) is 30.1 Å². The first-order valence-electron chi connectivity index (χ1n) is 7.79. The van der Waals surface area contributed by atoms with Crippen molar-refractivity contribution in [3.63, 3.8) is 0 Å². The minimum absolute atomic E-state index is 0.239. The number of benzene rings is 2. The monoisotopic (exact) mass is 337 g/mol. The van der Waals surface area contributed by atoms with E-state index in [4.69, 9.17) is 9.47 Å². The van der Waals surface area contributed by atoms with Gasteiger partial charge in [0.1, 0.15) is 11.5 Å². The molecule has 0 aliphatic rings. The molecule has 0 aliphatic carbocycles. The number of amides is 1. The van der Waals surface area contributed by atoms with E-state index in [9.17, 15) is 4.79 Å². The first-order chi connectivity index (χ1) is 12.0. The smallest absolute Gasteiger partial charge is 0.255 e. The van der Waals surface area contributed by atoms with Gasteiger partial charge in [0.25, 0.3) is 5.91 Å². The summed E-state index contributed by atoms with van der Waals surface area (Å²) in [7, 11) is 3.12. The standard InChI is InChI=1S/C19H19N3O3/c1-11-12(2)21-18-7-13(5-6-17(18)20-11)19(23)22-14-8-15(24-3)10-16(9-14)25-4/h5-10H,1-4H3,(H,22,23). The molecule has 6 heteroatoms. The molecule has 6 nitrogen and oxygen atoms in total. The maximum atomic E-state index is 12.6. The van der Waals surface area contributed by atoms with Crippen molar-refractivity contribution in [2.24, 2.45) is 0 Å². The van der Waals surface area contributed by atoms with E-state index in [0.717, 1.165) is 16.9 Å². The Balaban J connectivity index is 1.91. The molecule has 3 aromatic rings. The Morgan fingerprint density at radius 1 is 0.880 bits per heavy atom. The lowest BCUT2D eigenvalue weighted by atomic mass is 10.1. The van der Waals surface area contributed by atoms with Crippen molar-refractivity contribution >= 4 is 22.6 Å². The molecule has 1 N–H and O–H groups in total. The fourth-order valence-electron chi connectivity index (χ4n) is 2.45. The highest BCUT2D eigenvalue weighted by atomic mass is 16.5. The van der Waals surface area contributed by atoms with Gasteiger partial charge in [-0.25, -0.2) is 9.97 Å². The Bertz CT molecular complexity index is 932. The summed E-state index contributed by atoms with van der Waals surface area (Å²) in [6.45, 7) is 3.82. The fourth-order valence-corrected chi connectivity index (χ4v) is 2.45. The Hall–Kier alpha value is -3.15. The Morgan fingerprint density at radius 3 is 2.08 bits per heavy atom. The first kappa shape index (κ1) is 16.7. The minimum atomic E-state index is -0.239. The van der Waals surface area contributed by atoms with E-state index < -0.39 is 0 Å². The number of carbonyl (C=O) groups excluding carboxylic acids is 1. The SMILES string of the molecule is COc1cc(NC(=O)c2ccc3nc(C)c(C)nc3c2)cc(OC)c1. The number of fused-ring (bicyclic) bond motifs is 1. The lowest BCUT2D eigenvalue weighted by Gasteiger charge is -2.10. The second-order valence-corrected chi connectivity index (χ2v) is 5.65. The maximum absolute atomic E-state index is 12.6. The molecule has 1 heterocycles. The van der Waals surface area contributed by atoms with Crippen LogP contribution in [0.2, 0.25) is 0 Å². The van der Waals surface area contributed by atoms with E-state index in [1.807, 2.05) is 13.8 Å². The molecule has 3 rings (SSSR count). The van der Waals surface area contributed by atoms with Gasteiger partial charge in [-0.3, -0.25) is 4.79 Å². The fraction of sp³-hybridized carbons (Fsp3) is 0.211. The quantitative estimate of drug-likeness (QED) is 0.788. The van der Waals surface area contributed by atoms with Gasteiger partial charge in [-0.05, 0) is 32.0 Å². The van der Waals surface area contributed by atoms with Gasteiger partial charge in [-0.15, -0.1) is 0 Å². The topological polar surface area (TPSA) is 73.3 Å².